The number of hydrogen-bond donors (Lipinski definition) is 1. The zero-order chi connectivity index (χ0) is 13.5. The van der Waals surface area contributed by atoms with Crippen molar-refractivity contribution in [2.24, 2.45) is 5.92 Å². The Kier molecular flexibility index (Phi) is 6.16. The number of aliphatic carboxylic acids is 1. The molecule has 4 heteroatoms. The van der Waals surface area contributed by atoms with Gasteiger partial charge in [-0.25, -0.2) is 0 Å². The number of carboxylic acid groups (broad SMARTS) is 1. The Balaban J connectivity index is 2.51. The van der Waals surface area contributed by atoms with E-state index in [1.165, 1.54) is 12.8 Å². The Morgan fingerprint density at radius 3 is 2.33 bits per heavy atom. The van der Waals surface area contributed by atoms with Gasteiger partial charge in [-0.1, -0.05) is 26.7 Å². The predicted molar refractivity (Wildman–Crippen MR) is 70.3 cm³/mol. The Bertz CT molecular complexity index is 283. The van der Waals surface area contributed by atoms with Crippen molar-refractivity contribution in [2.45, 2.75) is 64.8 Å². The minimum absolute atomic E-state index is 0.0185. The molecule has 0 bridgehead atoms. The lowest BCUT2D eigenvalue weighted by Gasteiger charge is -2.29. The molecular weight excluding hydrogens is 230 g/mol. The van der Waals surface area contributed by atoms with E-state index in [0.717, 1.165) is 25.8 Å². The van der Waals surface area contributed by atoms with E-state index in [2.05, 4.69) is 13.8 Å². The van der Waals surface area contributed by atoms with E-state index < -0.39 is 5.97 Å². The van der Waals surface area contributed by atoms with E-state index in [-0.39, 0.29) is 18.7 Å². The van der Waals surface area contributed by atoms with Gasteiger partial charge in [0.25, 0.3) is 0 Å². The maximum absolute atomic E-state index is 12.1. The van der Waals surface area contributed by atoms with Crippen LogP contribution in [-0.2, 0) is 9.59 Å². The minimum atomic E-state index is -0.890. The van der Waals surface area contributed by atoms with Crippen molar-refractivity contribution >= 4 is 11.9 Å². The quantitative estimate of drug-likeness (QED) is 0.761. The molecule has 1 saturated carbocycles. The van der Waals surface area contributed by atoms with Crippen molar-refractivity contribution in [2.75, 3.05) is 6.54 Å². The molecule has 1 amide bonds. The molecule has 0 aromatic rings. The van der Waals surface area contributed by atoms with Crippen LogP contribution in [0, 0.1) is 5.92 Å². The SMILES string of the molecule is CC(C)CCN(C(=O)CCC(=O)O)C1CCCC1. The fourth-order valence-corrected chi connectivity index (χ4v) is 2.48. The first-order chi connectivity index (χ1) is 8.50. The third-order valence-corrected chi connectivity index (χ3v) is 3.59. The van der Waals surface area contributed by atoms with Crippen LogP contribution >= 0.6 is 0 Å². The lowest BCUT2D eigenvalue weighted by atomic mass is 10.1. The predicted octanol–water partition coefficient (Wildman–Crippen LogP) is 2.67. The van der Waals surface area contributed by atoms with Gasteiger partial charge in [0.2, 0.25) is 5.91 Å². The maximum Gasteiger partial charge on any atom is 0.303 e. The van der Waals surface area contributed by atoms with Gasteiger partial charge < -0.3 is 10.0 Å². The maximum atomic E-state index is 12.1. The number of carbonyl (C=O) groups excluding carboxylic acids is 1. The first-order valence-corrected chi connectivity index (χ1v) is 7.02. The van der Waals surface area contributed by atoms with E-state index in [9.17, 15) is 9.59 Å². The average molecular weight is 255 g/mol. The highest BCUT2D eigenvalue weighted by Crippen LogP contribution is 2.25. The second kappa shape index (κ2) is 7.39. The molecule has 0 aromatic heterocycles. The van der Waals surface area contributed by atoms with Crippen molar-refractivity contribution in [3.63, 3.8) is 0 Å². The monoisotopic (exact) mass is 255 g/mol. The molecule has 0 atom stereocenters. The van der Waals surface area contributed by atoms with Gasteiger partial charge in [-0.05, 0) is 25.2 Å². The Morgan fingerprint density at radius 1 is 1.22 bits per heavy atom. The highest BCUT2D eigenvalue weighted by molar-refractivity contribution is 5.81. The third-order valence-electron chi connectivity index (χ3n) is 3.59. The summed E-state index contributed by atoms with van der Waals surface area (Å²) in [5, 5.41) is 8.66. The summed E-state index contributed by atoms with van der Waals surface area (Å²) in [7, 11) is 0. The highest BCUT2D eigenvalue weighted by Gasteiger charge is 2.26. The molecule has 0 saturated heterocycles. The van der Waals surface area contributed by atoms with Gasteiger partial charge in [-0.3, -0.25) is 9.59 Å². The van der Waals surface area contributed by atoms with Crippen molar-refractivity contribution in [1.29, 1.82) is 0 Å². The summed E-state index contributed by atoms with van der Waals surface area (Å²) in [4.78, 5) is 24.6. The Morgan fingerprint density at radius 2 is 1.83 bits per heavy atom. The smallest absolute Gasteiger partial charge is 0.303 e. The van der Waals surface area contributed by atoms with Crippen LogP contribution in [0.5, 0.6) is 0 Å². The molecule has 18 heavy (non-hydrogen) atoms. The fourth-order valence-electron chi connectivity index (χ4n) is 2.48. The van der Waals surface area contributed by atoms with E-state index in [1.54, 1.807) is 0 Å². The van der Waals surface area contributed by atoms with Gasteiger partial charge in [0.1, 0.15) is 0 Å². The van der Waals surface area contributed by atoms with Crippen LogP contribution in [0.4, 0.5) is 0 Å². The van der Waals surface area contributed by atoms with Gasteiger partial charge in [0.15, 0.2) is 0 Å². The normalized spacial score (nSPS) is 16.2. The third kappa shape index (κ3) is 5.07. The minimum Gasteiger partial charge on any atom is -0.481 e. The van der Waals surface area contributed by atoms with Crippen LogP contribution in [0.15, 0.2) is 0 Å². The number of carboxylic acids is 1. The molecule has 1 rings (SSSR count). The zero-order valence-corrected chi connectivity index (χ0v) is 11.5. The first-order valence-electron chi connectivity index (χ1n) is 7.02. The topological polar surface area (TPSA) is 57.6 Å². The lowest BCUT2D eigenvalue weighted by Crippen LogP contribution is -2.40. The number of hydrogen-bond acceptors (Lipinski definition) is 2. The van der Waals surface area contributed by atoms with Crippen molar-refractivity contribution in [3.8, 4) is 0 Å². The first kappa shape index (κ1) is 15.0. The zero-order valence-electron chi connectivity index (χ0n) is 11.5. The van der Waals surface area contributed by atoms with Gasteiger partial charge >= 0.3 is 5.97 Å². The highest BCUT2D eigenvalue weighted by atomic mass is 16.4. The standard InChI is InChI=1S/C14H25NO3/c1-11(2)9-10-15(12-5-3-4-6-12)13(16)7-8-14(17)18/h11-12H,3-10H2,1-2H3,(H,17,18). The average Bonchev–Trinajstić information content (AvgIpc) is 2.79. The summed E-state index contributed by atoms with van der Waals surface area (Å²) in [5.41, 5.74) is 0. The van der Waals surface area contributed by atoms with Crippen LogP contribution in [0.3, 0.4) is 0 Å². The number of carbonyl (C=O) groups is 2. The summed E-state index contributed by atoms with van der Waals surface area (Å²) in [6.07, 6.45) is 5.63. The molecule has 104 valence electrons. The van der Waals surface area contributed by atoms with Crippen molar-refractivity contribution in [3.05, 3.63) is 0 Å². The Labute approximate surface area is 109 Å². The fraction of sp³-hybridized carbons (Fsp3) is 0.857. The van der Waals surface area contributed by atoms with Crippen LogP contribution in [0.25, 0.3) is 0 Å². The van der Waals surface area contributed by atoms with Crippen LogP contribution < -0.4 is 0 Å². The molecule has 0 aliphatic heterocycles. The van der Waals surface area contributed by atoms with Gasteiger partial charge in [-0.15, -0.1) is 0 Å². The van der Waals surface area contributed by atoms with Crippen LogP contribution in [-0.4, -0.2) is 34.5 Å². The van der Waals surface area contributed by atoms with Crippen molar-refractivity contribution < 1.29 is 14.7 Å². The second-order valence-corrected chi connectivity index (χ2v) is 5.60. The summed E-state index contributed by atoms with van der Waals surface area (Å²) >= 11 is 0. The van der Waals surface area contributed by atoms with Gasteiger partial charge in [-0.2, -0.15) is 0 Å². The van der Waals surface area contributed by atoms with Crippen molar-refractivity contribution in [1.82, 2.24) is 4.90 Å². The van der Waals surface area contributed by atoms with Crippen LogP contribution in [0.2, 0.25) is 0 Å². The van der Waals surface area contributed by atoms with Crippen LogP contribution in [0.1, 0.15) is 58.8 Å². The number of nitrogens with zero attached hydrogens (tertiary/aromatic N) is 1. The largest absolute Gasteiger partial charge is 0.481 e. The summed E-state index contributed by atoms with van der Waals surface area (Å²) in [5.74, 6) is -0.301. The number of rotatable bonds is 7. The molecular formula is C14H25NO3. The molecule has 0 heterocycles. The van der Waals surface area contributed by atoms with Gasteiger partial charge in [0.05, 0.1) is 6.42 Å². The molecule has 0 aromatic carbocycles. The molecule has 1 aliphatic carbocycles. The summed E-state index contributed by atoms with van der Waals surface area (Å²) in [6, 6.07) is 0.352. The summed E-state index contributed by atoms with van der Waals surface area (Å²) < 4.78 is 0. The second-order valence-electron chi connectivity index (χ2n) is 5.60. The molecule has 1 N–H and O–H groups in total. The molecule has 4 nitrogen and oxygen atoms in total. The summed E-state index contributed by atoms with van der Waals surface area (Å²) in [6.45, 7) is 5.07. The lowest BCUT2D eigenvalue weighted by molar-refractivity contribution is -0.141. The van der Waals surface area contributed by atoms with E-state index in [1.807, 2.05) is 4.90 Å². The molecule has 0 unspecified atom stereocenters. The van der Waals surface area contributed by atoms with E-state index >= 15 is 0 Å². The van der Waals surface area contributed by atoms with E-state index in [4.69, 9.17) is 5.11 Å². The molecule has 0 spiro atoms. The molecule has 1 fully saturated rings. The van der Waals surface area contributed by atoms with Gasteiger partial charge in [0, 0.05) is 19.0 Å². The molecule has 0 radical (unpaired) electrons. The van der Waals surface area contributed by atoms with E-state index in [0.29, 0.717) is 12.0 Å². The molecule has 1 aliphatic rings. The Hall–Kier alpha value is -1.06. The number of amides is 1.